The molecule has 0 spiro atoms. The first-order valence-electron chi connectivity index (χ1n) is 9.87. The normalized spacial score (nSPS) is 17.5. The van der Waals surface area contributed by atoms with E-state index in [0.717, 1.165) is 19.4 Å². The molecule has 152 valence electrons. The number of hydrogen-bond donors (Lipinski definition) is 2. The average Bonchev–Trinajstić information content (AvgIpc) is 2.72. The van der Waals surface area contributed by atoms with Crippen molar-refractivity contribution in [3.8, 4) is 28.4 Å². The van der Waals surface area contributed by atoms with E-state index in [2.05, 4.69) is 11.8 Å². The van der Waals surface area contributed by atoms with Gasteiger partial charge < -0.3 is 19.4 Å². The number of aromatic hydroxyl groups is 2. The summed E-state index contributed by atoms with van der Waals surface area (Å²) < 4.78 is 11.0. The topological polar surface area (TPSA) is 83.1 Å². The van der Waals surface area contributed by atoms with Crippen LogP contribution in [-0.4, -0.2) is 34.8 Å². The number of ether oxygens (including phenoxy) is 1. The summed E-state index contributed by atoms with van der Waals surface area (Å²) in [7, 11) is 1.58. The first-order chi connectivity index (χ1) is 14.0. The van der Waals surface area contributed by atoms with Crippen LogP contribution in [0.15, 0.2) is 45.8 Å². The molecule has 1 aliphatic heterocycles. The minimum atomic E-state index is -0.332. The first kappa shape index (κ1) is 19.3. The van der Waals surface area contributed by atoms with Crippen molar-refractivity contribution in [1.82, 2.24) is 4.90 Å². The quantitative estimate of drug-likeness (QED) is 0.687. The van der Waals surface area contributed by atoms with Crippen molar-refractivity contribution < 1.29 is 19.4 Å². The average molecular weight is 395 g/mol. The standard InChI is InChI=1S/C23H25NO5/c1-14-5-3-4-10-24(14)12-17-19(25)11-20(26)21-22(27)18(13-29-23(17)21)15-6-8-16(28-2)9-7-15/h6-9,11,13-14,25-26H,3-5,10,12H2,1-2H3. The highest BCUT2D eigenvalue weighted by Crippen LogP contribution is 2.36. The van der Waals surface area contributed by atoms with E-state index in [0.29, 0.717) is 35.0 Å². The van der Waals surface area contributed by atoms with Crippen LogP contribution in [-0.2, 0) is 6.54 Å². The molecule has 2 heterocycles. The van der Waals surface area contributed by atoms with Crippen LogP contribution in [0.2, 0.25) is 0 Å². The fraction of sp³-hybridized carbons (Fsp3) is 0.348. The Hall–Kier alpha value is -2.99. The lowest BCUT2D eigenvalue weighted by molar-refractivity contribution is 0.151. The van der Waals surface area contributed by atoms with Crippen molar-refractivity contribution >= 4 is 11.0 Å². The number of fused-ring (bicyclic) bond motifs is 1. The van der Waals surface area contributed by atoms with Crippen molar-refractivity contribution in [2.75, 3.05) is 13.7 Å². The first-order valence-corrected chi connectivity index (χ1v) is 9.87. The molecule has 29 heavy (non-hydrogen) atoms. The van der Waals surface area contributed by atoms with Crippen LogP contribution in [0.3, 0.4) is 0 Å². The van der Waals surface area contributed by atoms with Crippen LogP contribution in [0.1, 0.15) is 31.7 Å². The molecular formula is C23H25NO5. The summed E-state index contributed by atoms with van der Waals surface area (Å²) >= 11 is 0. The zero-order chi connectivity index (χ0) is 20.5. The molecule has 1 fully saturated rings. The van der Waals surface area contributed by atoms with Crippen LogP contribution in [0, 0.1) is 0 Å². The predicted octanol–water partition coefficient (Wildman–Crippen LogP) is 4.25. The van der Waals surface area contributed by atoms with Crippen molar-refractivity contribution in [3.63, 3.8) is 0 Å². The maximum absolute atomic E-state index is 13.2. The third kappa shape index (κ3) is 3.56. The van der Waals surface area contributed by atoms with E-state index < -0.39 is 0 Å². The number of phenolic OH excluding ortho intramolecular Hbond substituents is 2. The molecule has 2 N–H and O–H groups in total. The molecule has 1 aromatic heterocycles. The fourth-order valence-corrected chi connectivity index (χ4v) is 4.05. The number of nitrogens with zero attached hydrogens (tertiary/aromatic N) is 1. The van der Waals surface area contributed by atoms with Gasteiger partial charge in [0.15, 0.2) is 0 Å². The molecule has 6 heteroatoms. The molecule has 0 bridgehead atoms. The Labute approximate surface area is 169 Å². The smallest absolute Gasteiger partial charge is 0.204 e. The van der Waals surface area contributed by atoms with Gasteiger partial charge in [-0.05, 0) is 44.0 Å². The van der Waals surface area contributed by atoms with Crippen LogP contribution in [0.25, 0.3) is 22.1 Å². The Morgan fingerprint density at radius 2 is 1.93 bits per heavy atom. The van der Waals surface area contributed by atoms with Crippen molar-refractivity contribution in [1.29, 1.82) is 0 Å². The largest absolute Gasteiger partial charge is 0.507 e. The summed E-state index contributed by atoms with van der Waals surface area (Å²) in [5, 5.41) is 21.0. The lowest BCUT2D eigenvalue weighted by Gasteiger charge is -2.33. The Kier molecular flexibility index (Phi) is 5.20. The molecule has 6 nitrogen and oxygen atoms in total. The van der Waals surface area contributed by atoms with Gasteiger partial charge in [0, 0.05) is 18.7 Å². The Balaban J connectivity index is 1.82. The highest BCUT2D eigenvalue weighted by molar-refractivity contribution is 5.90. The van der Waals surface area contributed by atoms with Crippen LogP contribution < -0.4 is 10.2 Å². The van der Waals surface area contributed by atoms with Crippen LogP contribution in [0.4, 0.5) is 0 Å². The number of hydrogen-bond acceptors (Lipinski definition) is 6. The minimum Gasteiger partial charge on any atom is -0.507 e. The molecule has 2 aromatic carbocycles. The zero-order valence-electron chi connectivity index (χ0n) is 16.6. The van der Waals surface area contributed by atoms with E-state index >= 15 is 0 Å². The third-order valence-electron chi connectivity index (χ3n) is 5.81. The summed E-state index contributed by atoms with van der Waals surface area (Å²) in [5.74, 6) is 0.342. The molecule has 4 rings (SSSR count). The second-order valence-corrected chi connectivity index (χ2v) is 7.62. The van der Waals surface area contributed by atoms with E-state index in [9.17, 15) is 15.0 Å². The fourth-order valence-electron chi connectivity index (χ4n) is 4.05. The van der Waals surface area contributed by atoms with Gasteiger partial charge >= 0.3 is 0 Å². The lowest BCUT2D eigenvalue weighted by Crippen LogP contribution is -2.36. The van der Waals surface area contributed by atoms with Gasteiger partial charge in [0.2, 0.25) is 5.43 Å². The van der Waals surface area contributed by atoms with Crippen LogP contribution in [0.5, 0.6) is 17.2 Å². The Bertz CT molecular complexity index is 1090. The number of benzene rings is 2. The van der Waals surface area contributed by atoms with Crippen molar-refractivity contribution in [2.24, 2.45) is 0 Å². The highest BCUT2D eigenvalue weighted by Gasteiger charge is 2.24. The van der Waals surface area contributed by atoms with E-state index in [1.807, 2.05) is 0 Å². The van der Waals surface area contributed by atoms with Gasteiger partial charge in [0.1, 0.15) is 34.5 Å². The van der Waals surface area contributed by atoms with Gasteiger partial charge in [-0.15, -0.1) is 0 Å². The van der Waals surface area contributed by atoms with E-state index in [1.165, 1.54) is 18.8 Å². The van der Waals surface area contributed by atoms with Gasteiger partial charge in [-0.2, -0.15) is 0 Å². The predicted molar refractivity (Wildman–Crippen MR) is 112 cm³/mol. The molecule has 1 aliphatic rings. The highest BCUT2D eigenvalue weighted by atomic mass is 16.5. The number of phenols is 2. The molecule has 0 aliphatic carbocycles. The maximum atomic E-state index is 13.2. The molecule has 1 unspecified atom stereocenters. The summed E-state index contributed by atoms with van der Waals surface area (Å²) in [5.41, 5.74) is 1.45. The molecule has 0 amide bonds. The van der Waals surface area contributed by atoms with Gasteiger partial charge in [-0.25, -0.2) is 0 Å². The SMILES string of the molecule is COc1ccc(-c2coc3c(CN4CCCCC4C)c(O)cc(O)c3c2=O)cc1. The van der Waals surface area contributed by atoms with Gasteiger partial charge in [-0.3, -0.25) is 9.69 Å². The molecule has 1 atom stereocenters. The Morgan fingerprint density at radius 3 is 2.62 bits per heavy atom. The van der Waals surface area contributed by atoms with Crippen molar-refractivity contribution in [3.05, 3.63) is 52.4 Å². The van der Waals surface area contributed by atoms with Gasteiger partial charge in [0.25, 0.3) is 0 Å². The second kappa shape index (κ2) is 7.79. The van der Waals surface area contributed by atoms with Crippen molar-refractivity contribution in [2.45, 2.75) is 38.8 Å². The van der Waals surface area contributed by atoms with Crippen LogP contribution >= 0.6 is 0 Å². The molecular weight excluding hydrogens is 370 g/mol. The van der Waals surface area contributed by atoms with E-state index in [4.69, 9.17) is 9.15 Å². The molecule has 0 radical (unpaired) electrons. The summed E-state index contributed by atoms with van der Waals surface area (Å²) in [6, 6.07) is 8.69. The molecule has 0 saturated carbocycles. The number of likely N-dealkylation sites (tertiary alicyclic amines) is 1. The minimum absolute atomic E-state index is 0.0619. The Morgan fingerprint density at radius 1 is 1.17 bits per heavy atom. The maximum Gasteiger partial charge on any atom is 0.204 e. The monoisotopic (exact) mass is 395 g/mol. The summed E-state index contributed by atoms with van der Waals surface area (Å²) in [6.45, 7) is 3.56. The van der Waals surface area contributed by atoms with Gasteiger partial charge in [-0.1, -0.05) is 18.6 Å². The third-order valence-corrected chi connectivity index (χ3v) is 5.81. The zero-order valence-corrected chi connectivity index (χ0v) is 16.6. The van der Waals surface area contributed by atoms with E-state index in [1.54, 1.807) is 31.4 Å². The number of piperidine rings is 1. The lowest BCUT2D eigenvalue weighted by atomic mass is 10.00. The number of methoxy groups -OCH3 is 1. The number of rotatable bonds is 4. The molecule has 1 saturated heterocycles. The summed E-state index contributed by atoms with van der Waals surface area (Å²) in [4.78, 5) is 15.4. The van der Waals surface area contributed by atoms with Gasteiger partial charge in [0.05, 0.1) is 18.2 Å². The van der Waals surface area contributed by atoms with E-state index in [-0.39, 0.29) is 27.9 Å². The summed E-state index contributed by atoms with van der Waals surface area (Å²) in [6.07, 6.45) is 4.80. The second-order valence-electron chi connectivity index (χ2n) is 7.62. The molecule has 3 aromatic rings.